The summed E-state index contributed by atoms with van der Waals surface area (Å²) >= 11 is 0. The van der Waals surface area contributed by atoms with Gasteiger partial charge in [-0.3, -0.25) is 9.59 Å². The lowest BCUT2D eigenvalue weighted by atomic mass is 9.69. The Morgan fingerprint density at radius 1 is 1.19 bits per heavy atom. The molecule has 3 atom stereocenters. The van der Waals surface area contributed by atoms with E-state index in [0.29, 0.717) is 35.6 Å². The first-order valence-corrected chi connectivity index (χ1v) is 11.0. The van der Waals surface area contributed by atoms with Crippen LogP contribution in [0.5, 0.6) is 5.75 Å². The molecule has 0 radical (unpaired) electrons. The van der Waals surface area contributed by atoms with Crippen LogP contribution in [0, 0.1) is 11.8 Å². The van der Waals surface area contributed by atoms with E-state index in [-0.39, 0.29) is 17.8 Å². The molecule has 7 heteroatoms. The van der Waals surface area contributed by atoms with Crippen molar-refractivity contribution in [2.24, 2.45) is 11.8 Å². The summed E-state index contributed by atoms with van der Waals surface area (Å²) in [6.07, 6.45) is 0.183. The number of Topliss-reactive ketones (excluding diaryl/α,β-unsaturated/α-hetero) is 1. The van der Waals surface area contributed by atoms with Crippen LogP contribution in [0.25, 0.3) is 0 Å². The molecule has 1 aliphatic heterocycles. The number of carbonyl (C=O) groups excluding carboxylic acids is 3. The van der Waals surface area contributed by atoms with E-state index < -0.39 is 23.8 Å². The van der Waals surface area contributed by atoms with Gasteiger partial charge < -0.3 is 19.5 Å². The van der Waals surface area contributed by atoms with Crippen molar-refractivity contribution in [2.45, 2.75) is 53.1 Å². The third-order valence-corrected chi connectivity index (χ3v) is 5.83. The summed E-state index contributed by atoms with van der Waals surface area (Å²) in [5.74, 6) is -2.46. The van der Waals surface area contributed by atoms with Crippen molar-refractivity contribution in [1.82, 2.24) is 5.32 Å². The van der Waals surface area contributed by atoms with Crippen molar-refractivity contribution in [3.63, 3.8) is 0 Å². The molecule has 7 nitrogen and oxygen atoms in total. The van der Waals surface area contributed by atoms with Gasteiger partial charge in [0.2, 0.25) is 0 Å². The molecule has 2 aliphatic rings. The highest BCUT2D eigenvalue weighted by atomic mass is 16.5. The summed E-state index contributed by atoms with van der Waals surface area (Å²) in [5, 5.41) is 3.25. The number of allylic oxidation sites excluding steroid dienone is 3. The maximum absolute atomic E-state index is 13.6. The average molecular weight is 442 g/mol. The van der Waals surface area contributed by atoms with Crippen LogP contribution in [0.1, 0.15) is 52.5 Å². The van der Waals surface area contributed by atoms with Gasteiger partial charge in [-0.1, -0.05) is 19.1 Å². The number of hydrogen-bond donors (Lipinski definition) is 1. The minimum absolute atomic E-state index is 0.223. The summed E-state index contributed by atoms with van der Waals surface area (Å²) in [5.41, 5.74) is 2.92. The number of rotatable bonds is 6. The molecule has 1 aliphatic carbocycles. The Labute approximate surface area is 188 Å². The summed E-state index contributed by atoms with van der Waals surface area (Å²) in [4.78, 5) is 39.2. The fourth-order valence-corrected chi connectivity index (χ4v) is 4.49. The Bertz CT molecular complexity index is 973. The van der Waals surface area contributed by atoms with Crippen LogP contribution in [0.4, 0.5) is 0 Å². The molecule has 0 saturated heterocycles. The van der Waals surface area contributed by atoms with Gasteiger partial charge in [0.1, 0.15) is 11.7 Å². The largest absolute Gasteiger partial charge is 0.494 e. The molecule has 0 aromatic heterocycles. The topological polar surface area (TPSA) is 90.9 Å². The third kappa shape index (κ3) is 4.42. The van der Waals surface area contributed by atoms with Crippen LogP contribution >= 0.6 is 0 Å². The number of carbonyl (C=O) groups is 3. The quantitative estimate of drug-likeness (QED) is 0.532. The molecule has 0 bridgehead atoms. The van der Waals surface area contributed by atoms with Gasteiger partial charge in [-0.25, -0.2) is 4.79 Å². The predicted molar refractivity (Wildman–Crippen MR) is 119 cm³/mol. The molecule has 0 fully saturated rings. The highest BCUT2D eigenvalue weighted by Crippen LogP contribution is 2.45. The highest BCUT2D eigenvalue weighted by molar-refractivity contribution is 6.12. The summed E-state index contributed by atoms with van der Waals surface area (Å²) in [6.45, 7) is 9.66. The van der Waals surface area contributed by atoms with E-state index in [1.807, 2.05) is 45.0 Å². The molecule has 0 amide bonds. The second-order valence-corrected chi connectivity index (χ2v) is 8.49. The Morgan fingerprint density at radius 3 is 2.41 bits per heavy atom. The van der Waals surface area contributed by atoms with E-state index in [9.17, 15) is 14.4 Å². The zero-order valence-electron chi connectivity index (χ0n) is 19.5. The van der Waals surface area contributed by atoms with Gasteiger partial charge in [-0.2, -0.15) is 0 Å². The first-order chi connectivity index (χ1) is 15.2. The van der Waals surface area contributed by atoms with E-state index in [4.69, 9.17) is 14.2 Å². The molecule has 32 heavy (non-hydrogen) atoms. The molecular weight excluding hydrogens is 410 g/mol. The average Bonchev–Trinajstić information content (AvgIpc) is 2.72. The van der Waals surface area contributed by atoms with E-state index >= 15 is 0 Å². The van der Waals surface area contributed by atoms with Crippen molar-refractivity contribution in [1.29, 1.82) is 0 Å². The molecule has 0 saturated carbocycles. The van der Waals surface area contributed by atoms with Crippen LogP contribution in [-0.4, -0.2) is 37.5 Å². The van der Waals surface area contributed by atoms with Gasteiger partial charge in [0, 0.05) is 22.9 Å². The van der Waals surface area contributed by atoms with Crippen LogP contribution in [-0.2, 0) is 23.9 Å². The minimum Gasteiger partial charge on any atom is -0.494 e. The number of benzene rings is 1. The molecule has 172 valence electrons. The normalized spacial score (nSPS) is 23.0. The Hall–Kier alpha value is -3.09. The van der Waals surface area contributed by atoms with Crippen molar-refractivity contribution < 1.29 is 28.6 Å². The highest BCUT2D eigenvalue weighted by Gasteiger charge is 2.47. The molecule has 1 N–H and O–H groups in total. The number of esters is 2. The van der Waals surface area contributed by atoms with Gasteiger partial charge >= 0.3 is 11.9 Å². The second-order valence-electron chi connectivity index (χ2n) is 8.49. The van der Waals surface area contributed by atoms with Crippen LogP contribution in [0.2, 0.25) is 0 Å². The van der Waals surface area contributed by atoms with Crippen LogP contribution < -0.4 is 10.1 Å². The molecule has 1 heterocycles. The molecule has 0 unspecified atom stereocenters. The number of dihydropyridines is 1. The number of ketones is 1. The Kier molecular flexibility index (Phi) is 7.06. The molecule has 1 aromatic carbocycles. The van der Waals surface area contributed by atoms with Gasteiger partial charge in [0.05, 0.1) is 25.4 Å². The number of ether oxygens (including phenoxy) is 3. The van der Waals surface area contributed by atoms with Gasteiger partial charge in [0.15, 0.2) is 5.78 Å². The van der Waals surface area contributed by atoms with Crippen molar-refractivity contribution in [3.8, 4) is 5.75 Å². The van der Waals surface area contributed by atoms with E-state index in [0.717, 1.165) is 11.3 Å². The van der Waals surface area contributed by atoms with Crippen molar-refractivity contribution >= 4 is 17.7 Å². The maximum atomic E-state index is 13.6. The van der Waals surface area contributed by atoms with E-state index in [1.165, 1.54) is 7.11 Å². The first kappa shape index (κ1) is 23.6. The second kappa shape index (κ2) is 9.59. The monoisotopic (exact) mass is 441 g/mol. The molecule has 3 rings (SSSR count). The van der Waals surface area contributed by atoms with Gasteiger partial charge in [0.25, 0.3) is 0 Å². The molecule has 0 spiro atoms. The maximum Gasteiger partial charge on any atom is 0.337 e. The zero-order valence-corrected chi connectivity index (χ0v) is 19.5. The first-order valence-electron chi connectivity index (χ1n) is 11.0. The van der Waals surface area contributed by atoms with E-state index in [1.54, 1.807) is 13.8 Å². The van der Waals surface area contributed by atoms with Crippen LogP contribution in [0.3, 0.4) is 0 Å². The fourth-order valence-electron chi connectivity index (χ4n) is 4.49. The Morgan fingerprint density at radius 2 is 1.84 bits per heavy atom. The summed E-state index contributed by atoms with van der Waals surface area (Å²) in [7, 11) is 1.28. The zero-order chi connectivity index (χ0) is 23.6. The third-order valence-electron chi connectivity index (χ3n) is 5.83. The summed E-state index contributed by atoms with van der Waals surface area (Å²) in [6, 6.07) is 7.32. The van der Waals surface area contributed by atoms with Crippen LogP contribution in [0.15, 0.2) is 46.8 Å². The van der Waals surface area contributed by atoms with E-state index in [2.05, 4.69) is 5.32 Å². The SMILES string of the molecule is CCOc1ccc([C@@H]2C(C(=O)OC(C)C)=C(C)NC3=C2C(=O)[C@@H](C(=O)OC)[C@H](C)C3)cc1. The lowest BCUT2D eigenvalue weighted by Gasteiger charge is -2.38. The number of nitrogens with one attached hydrogen (secondary N) is 1. The van der Waals surface area contributed by atoms with Crippen molar-refractivity contribution in [2.75, 3.05) is 13.7 Å². The molecule has 1 aromatic rings. The van der Waals surface area contributed by atoms with Crippen molar-refractivity contribution in [3.05, 3.63) is 52.4 Å². The lowest BCUT2D eigenvalue weighted by molar-refractivity contribution is -0.151. The predicted octanol–water partition coefficient (Wildman–Crippen LogP) is 3.65. The van der Waals surface area contributed by atoms with Gasteiger partial charge in [-0.15, -0.1) is 0 Å². The summed E-state index contributed by atoms with van der Waals surface area (Å²) < 4.78 is 16.0. The fraction of sp³-hybridized carbons (Fsp3) is 0.480. The smallest absolute Gasteiger partial charge is 0.337 e. The minimum atomic E-state index is -0.911. The van der Waals surface area contributed by atoms with Gasteiger partial charge in [-0.05, 0) is 57.7 Å². The molecular formula is C25H31NO6. The number of hydrogen-bond acceptors (Lipinski definition) is 7. The standard InChI is InChI=1S/C25H31NO6/c1-7-31-17-10-8-16(9-11-17)21-20(25(29)32-13(2)3)15(5)26-18-12-14(4)19(24(28)30-6)23(27)22(18)21/h8-11,13-14,19,21,26H,7,12H2,1-6H3/t14-,19+,21-/m1/s1. The lowest BCUT2D eigenvalue weighted by Crippen LogP contribution is -2.43. The number of methoxy groups -OCH3 is 1. The Balaban J connectivity index is 2.15.